The number of amides is 1. The Bertz CT molecular complexity index is 622. The minimum absolute atomic E-state index is 0.0765. The highest BCUT2D eigenvalue weighted by Crippen LogP contribution is 2.35. The third-order valence-electron chi connectivity index (χ3n) is 4.99. The van der Waals surface area contributed by atoms with E-state index in [1.165, 1.54) is 0 Å². The van der Waals surface area contributed by atoms with Gasteiger partial charge in [-0.3, -0.25) is 9.59 Å². The van der Waals surface area contributed by atoms with Gasteiger partial charge in [-0.1, -0.05) is 43.6 Å². The molecule has 24 heavy (non-hydrogen) atoms. The second kappa shape index (κ2) is 7.81. The number of alkyl halides is 1. The Morgan fingerprint density at radius 2 is 1.88 bits per heavy atom. The number of halogens is 1. The van der Waals surface area contributed by atoms with E-state index in [2.05, 4.69) is 36.7 Å². The minimum Gasteiger partial charge on any atom is -0.309 e. The van der Waals surface area contributed by atoms with Crippen LogP contribution in [0.2, 0.25) is 0 Å². The molecule has 1 aromatic rings. The SMILES string of the molecule is CCC(CC)C(=O)N1c2ccc(C(=O)C(Br)C(C)C)cc2CC1C. The van der Waals surface area contributed by atoms with Crippen LogP contribution in [0.15, 0.2) is 18.2 Å². The van der Waals surface area contributed by atoms with Crippen LogP contribution in [0.25, 0.3) is 0 Å². The summed E-state index contributed by atoms with van der Waals surface area (Å²) in [5.74, 6) is 0.654. The molecule has 0 saturated heterocycles. The van der Waals surface area contributed by atoms with Crippen LogP contribution in [-0.4, -0.2) is 22.6 Å². The van der Waals surface area contributed by atoms with Crippen molar-refractivity contribution in [3.63, 3.8) is 0 Å². The lowest BCUT2D eigenvalue weighted by atomic mass is 9.98. The fourth-order valence-corrected chi connectivity index (χ4v) is 3.68. The molecule has 4 heteroatoms. The van der Waals surface area contributed by atoms with E-state index in [9.17, 15) is 9.59 Å². The maximum absolute atomic E-state index is 12.8. The second-order valence-electron chi connectivity index (χ2n) is 7.13. The van der Waals surface area contributed by atoms with Crippen molar-refractivity contribution in [2.24, 2.45) is 11.8 Å². The van der Waals surface area contributed by atoms with Gasteiger partial charge in [0.1, 0.15) is 0 Å². The molecule has 1 aliphatic heterocycles. The molecule has 2 unspecified atom stereocenters. The molecule has 1 amide bonds. The van der Waals surface area contributed by atoms with Crippen molar-refractivity contribution < 1.29 is 9.59 Å². The molecule has 0 saturated carbocycles. The summed E-state index contributed by atoms with van der Waals surface area (Å²) in [6.07, 6.45) is 2.55. The van der Waals surface area contributed by atoms with Gasteiger partial charge in [0.25, 0.3) is 0 Å². The highest BCUT2D eigenvalue weighted by molar-refractivity contribution is 9.10. The van der Waals surface area contributed by atoms with Crippen molar-refractivity contribution in [2.75, 3.05) is 4.90 Å². The summed E-state index contributed by atoms with van der Waals surface area (Å²) in [6, 6.07) is 5.95. The number of hydrogen-bond acceptors (Lipinski definition) is 2. The van der Waals surface area contributed by atoms with Crippen LogP contribution in [0.3, 0.4) is 0 Å². The molecule has 0 bridgehead atoms. The molecule has 2 rings (SSSR count). The number of fused-ring (bicyclic) bond motifs is 1. The number of carbonyl (C=O) groups excluding carboxylic acids is 2. The molecule has 0 fully saturated rings. The van der Waals surface area contributed by atoms with Crippen molar-refractivity contribution >= 4 is 33.3 Å². The molecule has 0 N–H and O–H groups in total. The number of anilines is 1. The Labute approximate surface area is 153 Å². The maximum atomic E-state index is 12.8. The van der Waals surface area contributed by atoms with Gasteiger partial charge in [-0.05, 0) is 55.9 Å². The molecule has 0 aromatic heterocycles. The molecule has 132 valence electrons. The average molecular weight is 394 g/mol. The van der Waals surface area contributed by atoms with Crippen molar-refractivity contribution in [1.29, 1.82) is 0 Å². The first kappa shape index (κ1) is 19.2. The standard InChI is InChI=1S/C20H28BrNO2/c1-6-14(7-2)20(24)22-13(5)10-16-11-15(8-9-17(16)22)19(23)18(21)12(3)4/h8-9,11-14,18H,6-7,10H2,1-5H3. The zero-order valence-electron chi connectivity index (χ0n) is 15.3. The van der Waals surface area contributed by atoms with Gasteiger partial charge in [0.05, 0.1) is 4.83 Å². The Morgan fingerprint density at radius 1 is 1.25 bits per heavy atom. The quantitative estimate of drug-likeness (QED) is 0.503. The van der Waals surface area contributed by atoms with Crippen molar-refractivity contribution in [1.82, 2.24) is 0 Å². The molecule has 0 radical (unpaired) electrons. The summed E-state index contributed by atoms with van der Waals surface area (Å²) in [4.78, 5) is 27.2. The zero-order chi connectivity index (χ0) is 18.0. The van der Waals surface area contributed by atoms with E-state index in [4.69, 9.17) is 0 Å². The summed E-state index contributed by atoms with van der Waals surface area (Å²) < 4.78 is 0. The van der Waals surface area contributed by atoms with Crippen molar-refractivity contribution in [3.05, 3.63) is 29.3 Å². The monoisotopic (exact) mass is 393 g/mol. The van der Waals surface area contributed by atoms with Crippen molar-refractivity contribution in [3.8, 4) is 0 Å². The van der Waals surface area contributed by atoms with E-state index >= 15 is 0 Å². The van der Waals surface area contributed by atoms with Gasteiger partial charge in [-0.25, -0.2) is 0 Å². The van der Waals surface area contributed by atoms with Gasteiger partial charge in [-0.15, -0.1) is 0 Å². The summed E-state index contributed by atoms with van der Waals surface area (Å²) in [5.41, 5.74) is 2.82. The summed E-state index contributed by atoms with van der Waals surface area (Å²) >= 11 is 3.50. The normalized spacial score (nSPS) is 18.2. The number of ketones is 1. The smallest absolute Gasteiger partial charge is 0.230 e. The molecule has 3 nitrogen and oxygen atoms in total. The van der Waals surface area contributed by atoms with Crippen LogP contribution in [0.5, 0.6) is 0 Å². The molecular weight excluding hydrogens is 366 g/mol. The molecule has 1 heterocycles. The van der Waals surface area contributed by atoms with Gasteiger partial charge in [0.2, 0.25) is 5.91 Å². The Balaban J connectivity index is 2.31. The Morgan fingerprint density at radius 3 is 2.42 bits per heavy atom. The zero-order valence-corrected chi connectivity index (χ0v) is 16.9. The largest absolute Gasteiger partial charge is 0.309 e. The number of nitrogens with zero attached hydrogens (tertiary/aromatic N) is 1. The average Bonchev–Trinajstić information content (AvgIpc) is 2.88. The highest BCUT2D eigenvalue weighted by Gasteiger charge is 2.34. The van der Waals surface area contributed by atoms with E-state index < -0.39 is 0 Å². The Kier molecular flexibility index (Phi) is 6.24. The first-order chi connectivity index (χ1) is 11.3. The maximum Gasteiger partial charge on any atom is 0.230 e. The van der Waals surface area contributed by atoms with Crippen LogP contribution in [0.1, 0.15) is 63.4 Å². The van der Waals surface area contributed by atoms with Gasteiger partial charge >= 0.3 is 0 Å². The number of carbonyl (C=O) groups is 2. The van der Waals surface area contributed by atoms with Crippen LogP contribution in [0.4, 0.5) is 5.69 Å². The van der Waals surface area contributed by atoms with Gasteiger partial charge in [-0.2, -0.15) is 0 Å². The third kappa shape index (κ3) is 3.58. The lowest BCUT2D eigenvalue weighted by Crippen LogP contribution is -2.39. The highest BCUT2D eigenvalue weighted by atomic mass is 79.9. The van der Waals surface area contributed by atoms with E-state index in [0.29, 0.717) is 0 Å². The molecule has 0 spiro atoms. The van der Waals surface area contributed by atoms with Crippen LogP contribution < -0.4 is 4.90 Å². The lowest BCUT2D eigenvalue weighted by molar-refractivity contribution is -0.122. The van der Waals surface area contributed by atoms with Crippen LogP contribution >= 0.6 is 15.9 Å². The molecular formula is C20H28BrNO2. The van der Waals surface area contributed by atoms with E-state index in [-0.39, 0.29) is 34.4 Å². The van der Waals surface area contributed by atoms with Crippen LogP contribution in [0, 0.1) is 11.8 Å². The van der Waals surface area contributed by atoms with Gasteiger partial charge in [0, 0.05) is 23.2 Å². The molecule has 1 aromatic carbocycles. The van der Waals surface area contributed by atoms with Crippen LogP contribution in [-0.2, 0) is 11.2 Å². The number of Topliss-reactive ketones (excluding diaryl/α,β-unsaturated/α-hetero) is 1. The number of benzene rings is 1. The first-order valence-corrected chi connectivity index (χ1v) is 9.87. The van der Waals surface area contributed by atoms with E-state index in [1.807, 2.05) is 36.9 Å². The topological polar surface area (TPSA) is 37.4 Å². The summed E-state index contributed by atoms with van der Waals surface area (Å²) in [6.45, 7) is 10.3. The molecule has 0 aliphatic carbocycles. The number of hydrogen-bond donors (Lipinski definition) is 0. The second-order valence-corrected chi connectivity index (χ2v) is 8.11. The number of rotatable bonds is 6. The fraction of sp³-hybridized carbons (Fsp3) is 0.600. The third-order valence-corrected chi connectivity index (χ3v) is 6.46. The predicted octanol–water partition coefficient (Wildman–Crippen LogP) is 5.00. The fourth-order valence-electron chi connectivity index (χ4n) is 3.42. The van der Waals surface area contributed by atoms with E-state index in [1.54, 1.807) is 0 Å². The van der Waals surface area contributed by atoms with Gasteiger partial charge < -0.3 is 4.90 Å². The minimum atomic E-state index is -0.170. The predicted molar refractivity (Wildman–Crippen MR) is 103 cm³/mol. The molecule has 1 aliphatic rings. The first-order valence-electron chi connectivity index (χ1n) is 8.96. The summed E-state index contributed by atoms with van der Waals surface area (Å²) in [5, 5.41) is 0. The van der Waals surface area contributed by atoms with E-state index in [0.717, 1.165) is 36.1 Å². The molecule has 2 atom stereocenters. The lowest BCUT2D eigenvalue weighted by Gasteiger charge is -2.27. The van der Waals surface area contributed by atoms with Crippen molar-refractivity contribution in [2.45, 2.75) is 64.8 Å². The van der Waals surface area contributed by atoms with Gasteiger partial charge in [0.15, 0.2) is 5.78 Å². The Hall–Kier alpha value is -1.16. The summed E-state index contributed by atoms with van der Waals surface area (Å²) in [7, 11) is 0.